The van der Waals surface area contributed by atoms with Crippen LogP contribution in [0.1, 0.15) is 12.0 Å². The van der Waals surface area contributed by atoms with Crippen molar-refractivity contribution in [2.45, 2.75) is 12.8 Å². The molecule has 0 amide bonds. The van der Waals surface area contributed by atoms with Gasteiger partial charge in [0.25, 0.3) is 0 Å². The Morgan fingerprint density at radius 2 is 1.81 bits per heavy atom. The fraction of sp³-hybridized carbons (Fsp3) is 0.273. The van der Waals surface area contributed by atoms with Crippen molar-refractivity contribution in [1.82, 2.24) is 0 Å². The highest BCUT2D eigenvalue weighted by molar-refractivity contribution is 5.50. The zero-order chi connectivity index (χ0) is 12.0. The lowest BCUT2D eigenvalue weighted by Crippen LogP contribution is -2.16. The summed E-state index contributed by atoms with van der Waals surface area (Å²) in [6, 6.07) is 5.65. The molecular weight excluding hydrogens is 219 g/mol. The molecule has 0 atom stereocenters. The predicted molar refractivity (Wildman–Crippen MR) is 55.8 cm³/mol. The van der Waals surface area contributed by atoms with Crippen molar-refractivity contribution in [2.75, 3.05) is 6.54 Å². The number of rotatable bonds is 4. The Balaban J connectivity index is 2.61. The smallest absolute Gasteiger partial charge is 0.406 e. The molecule has 0 aromatic heterocycles. The first-order chi connectivity index (χ1) is 7.51. The van der Waals surface area contributed by atoms with Gasteiger partial charge >= 0.3 is 6.36 Å². The summed E-state index contributed by atoms with van der Waals surface area (Å²) in [6.45, 7) is 0.547. The molecule has 1 aromatic rings. The van der Waals surface area contributed by atoms with Crippen LogP contribution in [0.2, 0.25) is 0 Å². The molecule has 5 heteroatoms. The Hall–Kier alpha value is -1.49. The molecule has 1 aromatic carbocycles. The average molecular weight is 231 g/mol. The van der Waals surface area contributed by atoms with Crippen molar-refractivity contribution in [1.29, 1.82) is 0 Å². The maximum absolute atomic E-state index is 11.8. The molecule has 2 nitrogen and oxygen atoms in total. The molecule has 88 valence electrons. The highest BCUT2D eigenvalue weighted by atomic mass is 19.4. The van der Waals surface area contributed by atoms with E-state index in [2.05, 4.69) is 4.74 Å². The molecule has 2 N–H and O–H groups in total. The van der Waals surface area contributed by atoms with E-state index in [-0.39, 0.29) is 5.75 Å². The molecule has 0 bridgehead atoms. The molecule has 0 fully saturated rings. The van der Waals surface area contributed by atoms with Gasteiger partial charge in [0, 0.05) is 0 Å². The Morgan fingerprint density at radius 1 is 1.19 bits per heavy atom. The minimum absolute atomic E-state index is 0.219. The number of hydrogen-bond acceptors (Lipinski definition) is 2. The maximum atomic E-state index is 11.8. The number of benzene rings is 1. The van der Waals surface area contributed by atoms with Crippen LogP contribution in [0, 0.1) is 0 Å². The molecule has 0 radical (unpaired) electrons. The van der Waals surface area contributed by atoms with Crippen molar-refractivity contribution in [3.8, 4) is 5.75 Å². The SMILES string of the molecule is NCCC=Cc1ccc(OC(F)(F)F)cc1. The lowest BCUT2D eigenvalue weighted by molar-refractivity contribution is -0.274. The molecule has 0 aliphatic heterocycles. The van der Waals surface area contributed by atoms with Gasteiger partial charge in [-0.05, 0) is 30.7 Å². The molecule has 0 saturated carbocycles. The van der Waals surface area contributed by atoms with Gasteiger partial charge in [0.15, 0.2) is 0 Å². The van der Waals surface area contributed by atoms with Crippen molar-refractivity contribution in [2.24, 2.45) is 5.73 Å². The molecule has 16 heavy (non-hydrogen) atoms. The van der Waals surface area contributed by atoms with Crippen LogP contribution in [0.15, 0.2) is 30.3 Å². The third-order valence-electron chi connectivity index (χ3n) is 1.76. The highest BCUT2D eigenvalue weighted by Gasteiger charge is 2.30. The van der Waals surface area contributed by atoms with E-state index in [9.17, 15) is 13.2 Å². The molecule has 0 heterocycles. The van der Waals surface area contributed by atoms with Gasteiger partial charge in [-0.25, -0.2) is 0 Å². The largest absolute Gasteiger partial charge is 0.573 e. The van der Waals surface area contributed by atoms with Gasteiger partial charge in [0.2, 0.25) is 0 Å². The summed E-state index contributed by atoms with van der Waals surface area (Å²) in [5.41, 5.74) is 6.10. The van der Waals surface area contributed by atoms with Crippen LogP contribution >= 0.6 is 0 Å². The fourth-order valence-electron chi connectivity index (χ4n) is 1.10. The molecule has 0 aliphatic carbocycles. The third kappa shape index (κ3) is 4.84. The Bertz CT molecular complexity index is 343. The first-order valence-corrected chi connectivity index (χ1v) is 4.74. The van der Waals surface area contributed by atoms with Crippen LogP contribution in [-0.4, -0.2) is 12.9 Å². The van der Waals surface area contributed by atoms with Crippen LogP contribution in [0.25, 0.3) is 6.08 Å². The standard InChI is InChI=1S/C11H12F3NO/c12-11(13,14)16-10-6-4-9(5-7-10)3-1-2-8-15/h1,3-7H,2,8,15H2. The Kier molecular flexibility index (Phi) is 4.37. The van der Waals surface area contributed by atoms with Gasteiger partial charge in [-0.15, -0.1) is 13.2 Å². The van der Waals surface area contributed by atoms with Gasteiger partial charge < -0.3 is 10.5 Å². The fourth-order valence-corrected chi connectivity index (χ4v) is 1.10. The first-order valence-electron chi connectivity index (χ1n) is 4.74. The number of hydrogen-bond donors (Lipinski definition) is 1. The molecule has 0 unspecified atom stereocenters. The second kappa shape index (κ2) is 5.55. The maximum Gasteiger partial charge on any atom is 0.573 e. The number of alkyl halides is 3. The van der Waals surface area contributed by atoms with Gasteiger partial charge in [-0.2, -0.15) is 0 Å². The normalized spacial score (nSPS) is 12.0. The van der Waals surface area contributed by atoms with Crippen LogP contribution < -0.4 is 10.5 Å². The van der Waals surface area contributed by atoms with Crippen LogP contribution in [0.4, 0.5) is 13.2 Å². The summed E-state index contributed by atoms with van der Waals surface area (Å²) in [4.78, 5) is 0. The van der Waals surface area contributed by atoms with Crippen molar-refractivity contribution < 1.29 is 17.9 Å². The van der Waals surface area contributed by atoms with E-state index in [0.717, 1.165) is 12.0 Å². The van der Waals surface area contributed by atoms with Crippen molar-refractivity contribution >= 4 is 6.08 Å². The predicted octanol–water partition coefficient (Wildman–Crippen LogP) is 2.95. The van der Waals surface area contributed by atoms with Gasteiger partial charge in [-0.3, -0.25) is 0 Å². The molecule has 0 spiro atoms. The van der Waals surface area contributed by atoms with Crippen LogP contribution in [0.3, 0.4) is 0 Å². The van der Waals surface area contributed by atoms with E-state index in [0.29, 0.717) is 6.54 Å². The minimum atomic E-state index is -4.64. The lowest BCUT2D eigenvalue weighted by Gasteiger charge is -2.08. The van der Waals surface area contributed by atoms with E-state index >= 15 is 0 Å². The number of ether oxygens (including phenoxy) is 1. The monoisotopic (exact) mass is 231 g/mol. The van der Waals surface area contributed by atoms with E-state index in [4.69, 9.17) is 5.73 Å². The molecule has 0 aliphatic rings. The zero-order valence-corrected chi connectivity index (χ0v) is 8.50. The van der Waals surface area contributed by atoms with Gasteiger partial charge in [-0.1, -0.05) is 24.3 Å². The van der Waals surface area contributed by atoms with E-state index in [1.807, 2.05) is 6.08 Å². The van der Waals surface area contributed by atoms with E-state index < -0.39 is 6.36 Å². The first kappa shape index (κ1) is 12.6. The Labute approximate surface area is 91.5 Å². The number of nitrogens with two attached hydrogens (primary N) is 1. The zero-order valence-electron chi connectivity index (χ0n) is 8.50. The molecule has 0 saturated heterocycles. The quantitative estimate of drug-likeness (QED) is 0.864. The molecule has 1 rings (SSSR count). The highest BCUT2D eigenvalue weighted by Crippen LogP contribution is 2.22. The summed E-state index contributed by atoms with van der Waals surface area (Å²) in [7, 11) is 0. The summed E-state index contributed by atoms with van der Waals surface area (Å²) in [6.07, 6.45) is -0.248. The Morgan fingerprint density at radius 3 is 2.31 bits per heavy atom. The second-order valence-corrected chi connectivity index (χ2v) is 3.10. The summed E-state index contributed by atoms with van der Waals surface area (Å²) >= 11 is 0. The topological polar surface area (TPSA) is 35.2 Å². The lowest BCUT2D eigenvalue weighted by atomic mass is 10.2. The van der Waals surface area contributed by atoms with E-state index in [1.165, 1.54) is 12.1 Å². The van der Waals surface area contributed by atoms with Crippen molar-refractivity contribution in [3.05, 3.63) is 35.9 Å². The summed E-state index contributed by atoms with van der Waals surface area (Å²) in [5.74, 6) is -0.219. The second-order valence-electron chi connectivity index (χ2n) is 3.10. The van der Waals surface area contributed by atoms with Crippen LogP contribution in [-0.2, 0) is 0 Å². The third-order valence-corrected chi connectivity index (χ3v) is 1.76. The number of halogens is 3. The van der Waals surface area contributed by atoms with Crippen LogP contribution in [0.5, 0.6) is 5.75 Å². The average Bonchev–Trinajstić information content (AvgIpc) is 2.19. The van der Waals surface area contributed by atoms with Crippen molar-refractivity contribution in [3.63, 3.8) is 0 Å². The summed E-state index contributed by atoms with van der Waals surface area (Å²) in [5, 5.41) is 0. The summed E-state index contributed by atoms with van der Waals surface area (Å²) < 4.78 is 39.3. The van der Waals surface area contributed by atoms with Gasteiger partial charge in [0.05, 0.1) is 0 Å². The van der Waals surface area contributed by atoms with Gasteiger partial charge in [0.1, 0.15) is 5.75 Å². The van der Waals surface area contributed by atoms with E-state index in [1.54, 1.807) is 18.2 Å². The molecular formula is C11H12F3NO. The minimum Gasteiger partial charge on any atom is -0.406 e.